The van der Waals surface area contributed by atoms with E-state index in [1.807, 2.05) is 27.0 Å². The number of anilines is 1. The molecule has 3 aliphatic rings. The van der Waals surface area contributed by atoms with Crippen molar-refractivity contribution in [2.45, 2.75) is 96.6 Å². The number of fused-ring (bicyclic) bond motifs is 2. The van der Waals surface area contributed by atoms with E-state index in [0.29, 0.717) is 16.6 Å². The number of hydrogen-bond acceptors (Lipinski definition) is 9. The Hall–Kier alpha value is -3.94. The monoisotopic (exact) mass is 657 g/mol. The molecule has 2 fully saturated rings. The zero-order valence-corrected chi connectivity index (χ0v) is 27.7. The first-order valence-corrected chi connectivity index (χ1v) is 16.2. The Labute approximate surface area is 271 Å². The Morgan fingerprint density at radius 3 is 2.36 bits per heavy atom. The molecule has 1 amide bonds. The molecule has 0 N–H and O–H groups in total. The molecule has 2 saturated heterocycles. The van der Waals surface area contributed by atoms with Crippen molar-refractivity contribution in [1.29, 1.82) is 0 Å². The molecule has 2 aliphatic heterocycles. The largest absolute Gasteiger partial charge is 0.462 e. The number of alkyl halides is 3. The smallest absolute Gasteiger partial charge is 0.450 e. The van der Waals surface area contributed by atoms with Crippen LogP contribution in [0.5, 0.6) is 6.01 Å². The average molecular weight is 658 g/mol. The molecule has 11 nitrogen and oxygen atoms in total. The van der Waals surface area contributed by atoms with Gasteiger partial charge in [-0.1, -0.05) is 12.1 Å². The summed E-state index contributed by atoms with van der Waals surface area (Å²) in [7, 11) is 2.00. The molecule has 0 bridgehead atoms. The third-order valence-corrected chi connectivity index (χ3v) is 9.19. The molecule has 4 heterocycles. The molecule has 3 atom stereocenters. The number of carbonyl (C=O) groups is 1. The van der Waals surface area contributed by atoms with Crippen LogP contribution in [0.1, 0.15) is 70.8 Å². The fourth-order valence-corrected chi connectivity index (χ4v) is 7.08. The van der Waals surface area contributed by atoms with Gasteiger partial charge in [-0.15, -0.1) is 0 Å². The third kappa shape index (κ3) is 6.48. The van der Waals surface area contributed by atoms with Gasteiger partial charge in [-0.2, -0.15) is 23.1 Å². The van der Waals surface area contributed by atoms with E-state index < -0.39 is 41.3 Å². The average Bonchev–Trinajstić information content (AvgIpc) is 3.63. The molecule has 1 aromatic carbocycles. The van der Waals surface area contributed by atoms with Crippen molar-refractivity contribution in [3.05, 3.63) is 45.5 Å². The van der Waals surface area contributed by atoms with E-state index in [-0.39, 0.29) is 54.3 Å². The number of rotatable bonds is 5. The Bertz CT molecular complexity index is 1730. The summed E-state index contributed by atoms with van der Waals surface area (Å²) in [5.41, 5.74) is -0.377. The van der Waals surface area contributed by atoms with Crippen molar-refractivity contribution >= 4 is 22.9 Å². The zero-order chi connectivity index (χ0) is 33.8. The van der Waals surface area contributed by atoms with Crippen molar-refractivity contribution in [1.82, 2.24) is 29.3 Å². The van der Waals surface area contributed by atoms with Crippen LogP contribution in [0.15, 0.2) is 23.0 Å². The third-order valence-electron chi connectivity index (χ3n) is 9.19. The number of aryl methyl sites for hydroxylation is 1. The molecular formula is C33H42F3N7O4. The Balaban J connectivity index is 1.50. The number of ether oxygens (including phenoxy) is 2. The summed E-state index contributed by atoms with van der Waals surface area (Å²) >= 11 is 0. The van der Waals surface area contributed by atoms with Gasteiger partial charge in [0.2, 0.25) is 5.82 Å². The molecule has 0 unspecified atom stereocenters. The highest BCUT2D eigenvalue weighted by atomic mass is 19.4. The molecule has 47 heavy (non-hydrogen) atoms. The summed E-state index contributed by atoms with van der Waals surface area (Å²) < 4.78 is 56.9. The fourth-order valence-electron chi connectivity index (χ4n) is 7.08. The van der Waals surface area contributed by atoms with Gasteiger partial charge in [0.15, 0.2) is 11.3 Å². The quantitative estimate of drug-likeness (QED) is 0.375. The Morgan fingerprint density at radius 1 is 1.00 bits per heavy atom. The van der Waals surface area contributed by atoms with E-state index in [9.17, 15) is 22.8 Å². The van der Waals surface area contributed by atoms with Gasteiger partial charge >= 0.3 is 18.3 Å². The molecule has 0 radical (unpaired) electrons. The van der Waals surface area contributed by atoms with Gasteiger partial charge in [0.05, 0.1) is 5.69 Å². The molecule has 0 saturated carbocycles. The number of likely N-dealkylation sites (tertiary alicyclic amines) is 1. The van der Waals surface area contributed by atoms with Crippen molar-refractivity contribution in [2.75, 3.05) is 38.2 Å². The van der Waals surface area contributed by atoms with Crippen molar-refractivity contribution < 1.29 is 27.4 Å². The van der Waals surface area contributed by atoms with Crippen molar-refractivity contribution in [3.63, 3.8) is 0 Å². The lowest BCUT2D eigenvalue weighted by atomic mass is 10.1. The van der Waals surface area contributed by atoms with Gasteiger partial charge in [0, 0.05) is 31.2 Å². The van der Waals surface area contributed by atoms with Gasteiger partial charge in [0.1, 0.15) is 17.7 Å². The zero-order valence-electron chi connectivity index (χ0n) is 27.7. The van der Waals surface area contributed by atoms with Gasteiger partial charge in [-0.25, -0.2) is 9.78 Å². The summed E-state index contributed by atoms with van der Waals surface area (Å²) in [6.45, 7) is 10.6. The summed E-state index contributed by atoms with van der Waals surface area (Å²) in [6.07, 6.45) is -1.44. The predicted molar refractivity (Wildman–Crippen MR) is 170 cm³/mol. The Morgan fingerprint density at radius 2 is 1.72 bits per heavy atom. The van der Waals surface area contributed by atoms with Gasteiger partial charge in [0.25, 0.3) is 5.56 Å². The topological polar surface area (TPSA) is 106 Å². The first-order valence-electron chi connectivity index (χ1n) is 16.2. The number of aromatic nitrogens is 4. The molecule has 0 spiro atoms. The minimum atomic E-state index is -4.96. The van der Waals surface area contributed by atoms with E-state index >= 15 is 0 Å². The second-order valence-electron chi connectivity index (χ2n) is 13.9. The van der Waals surface area contributed by atoms with E-state index in [0.717, 1.165) is 37.8 Å². The van der Waals surface area contributed by atoms with Crippen LogP contribution in [0.2, 0.25) is 0 Å². The second kappa shape index (κ2) is 12.3. The minimum Gasteiger partial charge on any atom is -0.462 e. The number of carbonyl (C=O) groups excluding carboxylic acids is 1. The minimum absolute atomic E-state index is 0.0571. The lowest BCUT2D eigenvalue weighted by molar-refractivity contribution is -0.146. The highest BCUT2D eigenvalue weighted by Gasteiger charge is 2.41. The highest BCUT2D eigenvalue weighted by Crippen LogP contribution is 2.36. The van der Waals surface area contributed by atoms with Crippen LogP contribution in [0.3, 0.4) is 0 Å². The normalized spacial score (nSPS) is 22.2. The summed E-state index contributed by atoms with van der Waals surface area (Å²) in [5.74, 6) is -1.28. The molecule has 2 aromatic heterocycles. The van der Waals surface area contributed by atoms with Gasteiger partial charge in [-0.3, -0.25) is 9.36 Å². The first kappa shape index (κ1) is 33.0. The number of halogens is 3. The Kier molecular flexibility index (Phi) is 8.60. The summed E-state index contributed by atoms with van der Waals surface area (Å²) in [6, 6.07) is 4.24. The number of piperazine rings is 1. The molecule has 1 aliphatic carbocycles. The number of likely N-dealkylation sites (N-methyl/N-ethyl adjacent to an activating group) is 1. The lowest BCUT2D eigenvalue weighted by Gasteiger charge is -2.45. The van der Waals surface area contributed by atoms with Crippen LogP contribution in [-0.2, 0) is 23.8 Å². The SMILES string of the molecule is C[C@H]1CN(C(=O)OC(C)(C)C)C[C@H](C)N1c1nc(OC[C@@H]2CCCN2C)nc2c(=O)n(-c3cccc4c3CCC4)c(C(F)(F)F)nc12. The molecular weight excluding hydrogens is 615 g/mol. The van der Waals surface area contributed by atoms with Crippen LogP contribution in [-0.4, -0.2) is 92.4 Å². The fraction of sp³-hybridized carbons (Fsp3) is 0.606. The number of nitrogens with zero attached hydrogens (tertiary/aromatic N) is 7. The van der Waals surface area contributed by atoms with Crippen LogP contribution in [0.25, 0.3) is 16.7 Å². The van der Waals surface area contributed by atoms with E-state index in [1.54, 1.807) is 36.6 Å². The molecule has 14 heteroatoms. The predicted octanol–water partition coefficient (Wildman–Crippen LogP) is 4.99. The maximum absolute atomic E-state index is 14.8. The van der Waals surface area contributed by atoms with Crippen LogP contribution in [0, 0.1) is 0 Å². The summed E-state index contributed by atoms with van der Waals surface area (Å²) in [5, 5.41) is 0. The maximum Gasteiger partial charge on any atom is 0.450 e. The van der Waals surface area contributed by atoms with Crippen LogP contribution in [0.4, 0.5) is 23.8 Å². The molecule has 254 valence electrons. The second-order valence-corrected chi connectivity index (χ2v) is 13.9. The maximum atomic E-state index is 14.8. The molecule has 6 rings (SSSR count). The van der Waals surface area contributed by atoms with Crippen molar-refractivity contribution in [3.8, 4) is 11.7 Å². The van der Waals surface area contributed by atoms with E-state index in [2.05, 4.69) is 19.9 Å². The van der Waals surface area contributed by atoms with E-state index in [4.69, 9.17) is 9.47 Å². The standard InChI is InChI=1S/C33H42F3N7O4/c1-19-16-41(31(45)47-32(3,4)5)17-20(2)42(19)27-25-26(38-30(39-27)46-18-22-12-9-15-40(22)6)28(44)43(29(37-25)33(34,35)36)24-14-8-11-21-10-7-13-23(21)24/h8,11,14,19-20,22H,7,9-10,12-13,15-18H2,1-6H3/t19-,20-,22-/m0/s1. The number of amides is 1. The number of hydrogen-bond donors (Lipinski definition) is 0. The molecule has 3 aromatic rings. The van der Waals surface area contributed by atoms with Crippen molar-refractivity contribution in [2.24, 2.45) is 0 Å². The lowest BCUT2D eigenvalue weighted by Crippen LogP contribution is -2.59. The van der Waals surface area contributed by atoms with Gasteiger partial charge < -0.3 is 24.2 Å². The van der Waals surface area contributed by atoms with Gasteiger partial charge in [-0.05, 0) is 97.5 Å². The summed E-state index contributed by atoms with van der Waals surface area (Å²) in [4.78, 5) is 46.0. The first-order chi connectivity index (χ1) is 22.1. The highest BCUT2D eigenvalue weighted by molar-refractivity contribution is 5.86. The van der Waals surface area contributed by atoms with Crippen LogP contribution >= 0.6 is 0 Å². The number of benzene rings is 1. The van der Waals surface area contributed by atoms with Crippen LogP contribution < -0.4 is 15.2 Å². The van der Waals surface area contributed by atoms with E-state index in [1.165, 1.54) is 6.07 Å².